The Labute approximate surface area is 116 Å². The molecule has 1 nitrogen and oxygen atoms in total. The van der Waals surface area contributed by atoms with E-state index >= 15 is 0 Å². The van der Waals surface area contributed by atoms with Gasteiger partial charge in [-0.3, -0.25) is 4.79 Å². The lowest BCUT2D eigenvalue weighted by Gasteiger charge is -2.09. The molecule has 0 bridgehead atoms. The lowest BCUT2D eigenvalue weighted by molar-refractivity contribution is 0.0994. The van der Waals surface area contributed by atoms with Gasteiger partial charge in [0.15, 0.2) is 5.78 Å². The van der Waals surface area contributed by atoms with Crippen LogP contribution in [0.1, 0.15) is 29.8 Å². The van der Waals surface area contributed by atoms with Gasteiger partial charge in [0.25, 0.3) is 0 Å². The molecule has 0 aliphatic rings. The highest BCUT2D eigenvalue weighted by Crippen LogP contribution is 2.29. The quantitative estimate of drug-likeness (QED) is 0.583. The molecule has 0 aliphatic carbocycles. The van der Waals surface area contributed by atoms with Crippen LogP contribution in [0.4, 0.5) is 0 Å². The number of rotatable bonds is 5. The average Bonchev–Trinajstić information content (AvgIpc) is 2.91. The number of benzene rings is 1. The van der Waals surface area contributed by atoms with Gasteiger partial charge in [-0.1, -0.05) is 37.3 Å². The maximum absolute atomic E-state index is 12.3. The zero-order valence-corrected chi connectivity index (χ0v) is 12.2. The summed E-state index contributed by atoms with van der Waals surface area (Å²) in [5, 5.41) is 2.01. The molecule has 94 valence electrons. The van der Waals surface area contributed by atoms with Crippen LogP contribution in [0.15, 0.2) is 46.0 Å². The molecule has 2 aromatic rings. The Morgan fingerprint density at radius 3 is 2.56 bits per heavy atom. The molecule has 2 rings (SSSR count). The predicted octanol–water partition coefficient (Wildman–Crippen LogP) is 4.67. The number of carbonyl (C=O) groups is 1. The van der Waals surface area contributed by atoms with Gasteiger partial charge in [0.2, 0.25) is 0 Å². The minimum atomic E-state index is -0.0314. The SMILES string of the molecule is CCc1ccc(C(=O)C(C)Sc2cccs2)cc1. The minimum absolute atomic E-state index is 0.0314. The molecule has 0 N–H and O–H groups in total. The maximum Gasteiger partial charge on any atom is 0.175 e. The molecule has 0 saturated carbocycles. The second-order valence-electron chi connectivity index (χ2n) is 4.11. The Morgan fingerprint density at radius 2 is 2.00 bits per heavy atom. The van der Waals surface area contributed by atoms with Crippen molar-refractivity contribution in [2.75, 3.05) is 0 Å². The van der Waals surface area contributed by atoms with E-state index in [1.54, 1.807) is 23.1 Å². The molecule has 0 saturated heterocycles. The van der Waals surface area contributed by atoms with Crippen molar-refractivity contribution in [1.82, 2.24) is 0 Å². The lowest BCUT2D eigenvalue weighted by Crippen LogP contribution is -2.13. The number of carbonyl (C=O) groups excluding carboxylic acids is 1. The van der Waals surface area contributed by atoms with Gasteiger partial charge in [0.1, 0.15) is 0 Å². The van der Waals surface area contributed by atoms with Gasteiger partial charge in [0.05, 0.1) is 9.46 Å². The first-order chi connectivity index (χ1) is 8.70. The van der Waals surface area contributed by atoms with Gasteiger partial charge >= 0.3 is 0 Å². The average molecular weight is 276 g/mol. The van der Waals surface area contributed by atoms with Crippen LogP contribution in [-0.2, 0) is 6.42 Å². The van der Waals surface area contributed by atoms with Crippen molar-refractivity contribution < 1.29 is 4.79 Å². The molecule has 1 unspecified atom stereocenters. The van der Waals surface area contributed by atoms with E-state index in [-0.39, 0.29) is 11.0 Å². The van der Waals surface area contributed by atoms with Crippen molar-refractivity contribution in [1.29, 1.82) is 0 Å². The monoisotopic (exact) mass is 276 g/mol. The number of Topliss-reactive ketones (excluding diaryl/α,β-unsaturated/α-hetero) is 1. The van der Waals surface area contributed by atoms with Crippen LogP contribution in [0.5, 0.6) is 0 Å². The van der Waals surface area contributed by atoms with Gasteiger partial charge in [-0.15, -0.1) is 23.1 Å². The number of hydrogen-bond donors (Lipinski definition) is 0. The van der Waals surface area contributed by atoms with Crippen LogP contribution >= 0.6 is 23.1 Å². The van der Waals surface area contributed by atoms with Crippen molar-refractivity contribution in [3.63, 3.8) is 0 Å². The molecule has 0 spiro atoms. The number of thiophene rings is 1. The number of hydrogen-bond acceptors (Lipinski definition) is 3. The van der Waals surface area contributed by atoms with Gasteiger partial charge in [-0.25, -0.2) is 0 Å². The zero-order chi connectivity index (χ0) is 13.0. The zero-order valence-electron chi connectivity index (χ0n) is 10.6. The van der Waals surface area contributed by atoms with E-state index in [1.165, 1.54) is 9.77 Å². The molecule has 1 atom stereocenters. The normalized spacial score (nSPS) is 12.3. The fraction of sp³-hybridized carbons (Fsp3) is 0.267. The third-order valence-corrected chi connectivity index (χ3v) is 4.98. The molecule has 18 heavy (non-hydrogen) atoms. The van der Waals surface area contributed by atoms with Crippen LogP contribution in [-0.4, -0.2) is 11.0 Å². The van der Waals surface area contributed by atoms with E-state index < -0.39 is 0 Å². The fourth-order valence-electron chi connectivity index (χ4n) is 1.70. The third kappa shape index (κ3) is 3.24. The first-order valence-corrected chi connectivity index (χ1v) is 7.80. The Bertz CT molecular complexity index is 500. The summed E-state index contributed by atoms with van der Waals surface area (Å²) in [6, 6.07) is 12.0. The lowest BCUT2D eigenvalue weighted by atomic mass is 10.1. The Balaban J connectivity index is 2.05. The van der Waals surface area contributed by atoms with E-state index in [0.29, 0.717) is 0 Å². The van der Waals surface area contributed by atoms with Crippen LogP contribution in [0, 0.1) is 0 Å². The van der Waals surface area contributed by atoms with Crippen molar-refractivity contribution in [3.05, 3.63) is 52.9 Å². The molecule has 0 aliphatic heterocycles. The summed E-state index contributed by atoms with van der Waals surface area (Å²) in [7, 11) is 0. The highest BCUT2D eigenvalue weighted by atomic mass is 32.2. The number of thioether (sulfide) groups is 1. The van der Waals surface area contributed by atoms with Gasteiger partial charge < -0.3 is 0 Å². The maximum atomic E-state index is 12.3. The molecule has 1 aromatic heterocycles. The second kappa shape index (κ2) is 6.21. The summed E-state index contributed by atoms with van der Waals surface area (Å²) in [6.45, 7) is 4.09. The first kappa shape index (κ1) is 13.4. The number of aryl methyl sites for hydroxylation is 1. The van der Waals surface area contributed by atoms with Crippen molar-refractivity contribution in [2.45, 2.75) is 29.7 Å². The van der Waals surface area contributed by atoms with Crippen molar-refractivity contribution >= 4 is 28.9 Å². The second-order valence-corrected chi connectivity index (χ2v) is 6.70. The molecular weight excluding hydrogens is 260 g/mol. The molecule has 1 heterocycles. The largest absolute Gasteiger partial charge is 0.293 e. The summed E-state index contributed by atoms with van der Waals surface area (Å²) < 4.78 is 1.20. The van der Waals surface area contributed by atoms with Crippen LogP contribution < -0.4 is 0 Å². The van der Waals surface area contributed by atoms with Gasteiger partial charge in [0, 0.05) is 5.56 Å². The van der Waals surface area contributed by atoms with E-state index in [2.05, 4.69) is 13.0 Å². The van der Waals surface area contributed by atoms with E-state index in [1.807, 2.05) is 42.6 Å². The predicted molar refractivity (Wildman–Crippen MR) is 79.8 cm³/mol. The summed E-state index contributed by atoms with van der Waals surface area (Å²) in [5.74, 6) is 0.205. The Kier molecular flexibility index (Phi) is 4.61. The smallest absolute Gasteiger partial charge is 0.175 e. The highest BCUT2D eigenvalue weighted by molar-refractivity contribution is 8.02. The van der Waals surface area contributed by atoms with Crippen molar-refractivity contribution in [3.8, 4) is 0 Å². The van der Waals surface area contributed by atoms with Crippen molar-refractivity contribution in [2.24, 2.45) is 0 Å². The molecule has 0 amide bonds. The topological polar surface area (TPSA) is 17.1 Å². The third-order valence-electron chi connectivity index (χ3n) is 2.80. The van der Waals surface area contributed by atoms with Crippen LogP contribution in [0.3, 0.4) is 0 Å². The Morgan fingerprint density at radius 1 is 1.28 bits per heavy atom. The standard InChI is InChI=1S/C15H16OS2/c1-3-12-6-8-13(9-7-12)15(16)11(2)18-14-5-4-10-17-14/h4-11H,3H2,1-2H3. The van der Waals surface area contributed by atoms with Crippen LogP contribution in [0.2, 0.25) is 0 Å². The summed E-state index contributed by atoms with van der Waals surface area (Å²) >= 11 is 3.31. The summed E-state index contributed by atoms with van der Waals surface area (Å²) in [5.41, 5.74) is 2.08. The first-order valence-electron chi connectivity index (χ1n) is 6.04. The highest BCUT2D eigenvalue weighted by Gasteiger charge is 2.16. The summed E-state index contributed by atoms with van der Waals surface area (Å²) in [4.78, 5) is 12.3. The molecule has 0 radical (unpaired) electrons. The minimum Gasteiger partial charge on any atom is -0.293 e. The Hall–Kier alpha value is -1.06. The van der Waals surface area contributed by atoms with E-state index in [9.17, 15) is 4.79 Å². The molecular formula is C15H16OS2. The summed E-state index contributed by atoms with van der Waals surface area (Å²) in [6.07, 6.45) is 1.01. The van der Waals surface area contributed by atoms with Gasteiger partial charge in [-0.2, -0.15) is 0 Å². The molecule has 3 heteroatoms. The van der Waals surface area contributed by atoms with Gasteiger partial charge in [-0.05, 0) is 30.4 Å². The van der Waals surface area contributed by atoms with E-state index in [0.717, 1.165) is 12.0 Å². The van der Waals surface area contributed by atoms with E-state index in [4.69, 9.17) is 0 Å². The molecule has 0 fully saturated rings. The number of ketones is 1. The van der Waals surface area contributed by atoms with Crippen LogP contribution in [0.25, 0.3) is 0 Å². The fourth-order valence-corrected chi connectivity index (χ4v) is 3.72. The molecule has 1 aromatic carbocycles.